The molecule has 0 fully saturated rings. The molecule has 1 aromatic rings. The zero-order valence-electron chi connectivity index (χ0n) is 11.7. The van der Waals surface area contributed by atoms with Gasteiger partial charge >= 0.3 is 11.9 Å². The van der Waals surface area contributed by atoms with Crippen molar-refractivity contribution >= 4 is 17.8 Å². The number of hydrogen-bond acceptors (Lipinski definition) is 4. The topological polar surface area (TPSA) is 92.7 Å². The fraction of sp³-hybridized carbons (Fsp3) is 0.267. The predicted molar refractivity (Wildman–Crippen MR) is 76.1 cm³/mol. The van der Waals surface area contributed by atoms with Crippen LogP contribution in [0.2, 0.25) is 0 Å². The fourth-order valence-electron chi connectivity index (χ4n) is 1.69. The molecular formula is C15H17NO5. The summed E-state index contributed by atoms with van der Waals surface area (Å²) in [4.78, 5) is 34.5. The highest BCUT2D eigenvalue weighted by Gasteiger charge is 2.20. The van der Waals surface area contributed by atoms with Crippen LogP contribution in [0.15, 0.2) is 36.9 Å². The van der Waals surface area contributed by atoms with Crippen LogP contribution in [-0.2, 0) is 9.53 Å². The third-order valence-electron chi connectivity index (χ3n) is 2.81. The number of carbonyl (C=O) groups excluding carboxylic acids is 2. The van der Waals surface area contributed by atoms with Crippen molar-refractivity contribution < 1.29 is 24.2 Å². The van der Waals surface area contributed by atoms with E-state index in [2.05, 4.69) is 16.6 Å². The number of methoxy groups -OCH3 is 1. The SMILES string of the molecule is C=CCC[C@H](NC(=O)c1cccc(C(=O)OC)c1)C(=O)O. The van der Waals surface area contributed by atoms with Crippen molar-refractivity contribution in [2.24, 2.45) is 0 Å². The van der Waals surface area contributed by atoms with E-state index < -0.39 is 23.9 Å². The molecule has 2 N–H and O–H groups in total. The number of ether oxygens (including phenoxy) is 1. The Morgan fingerprint density at radius 2 is 2.05 bits per heavy atom. The Bertz CT molecular complexity index is 553. The van der Waals surface area contributed by atoms with Crippen LogP contribution >= 0.6 is 0 Å². The number of aliphatic carboxylic acids is 1. The molecular weight excluding hydrogens is 274 g/mol. The van der Waals surface area contributed by atoms with E-state index in [1.165, 1.54) is 31.4 Å². The lowest BCUT2D eigenvalue weighted by atomic mass is 10.1. The molecule has 0 aliphatic rings. The molecule has 0 bridgehead atoms. The monoisotopic (exact) mass is 291 g/mol. The molecule has 1 rings (SSSR count). The summed E-state index contributed by atoms with van der Waals surface area (Å²) in [5, 5.41) is 11.5. The van der Waals surface area contributed by atoms with Crippen LogP contribution < -0.4 is 5.32 Å². The summed E-state index contributed by atoms with van der Waals surface area (Å²) >= 11 is 0. The van der Waals surface area contributed by atoms with E-state index in [4.69, 9.17) is 5.11 Å². The minimum atomic E-state index is -1.12. The van der Waals surface area contributed by atoms with Gasteiger partial charge in [0.2, 0.25) is 0 Å². The summed E-state index contributed by atoms with van der Waals surface area (Å²) in [6.45, 7) is 3.51. The maximum atomic E-state index is 12.0. The number of carboxylic acid groups (broad SMARTS) is 1. The van der Waals surface area contributed by atoms with E-state index in [-0.39, 0.29) is 17.5 Å². The third kappa shape index (κ3) is 4.76. The summed E-state index contributed by atoms with van der Waals surface area (Å²) in [5.74, 6) is -2.24. The van der Waals surface area contributed by atoms with E-state index in [1.54, 1.807) is 6.08 Å². The second kappa shape index (κ2) is 7.84. The highest BCUT2D eigenvalue weighted by atomic mass is 16.5. The molecule has 6 nitrogen and oxygen atoms in total. The lowest BCUT2D eigenvalue weighted by Crippen LogP contribution is -2.40. The van der Waals surface area contributed by atoms with E-state index in [0.29, 0.717) is 6.42 Å². The van der Waals surface area contributed by atoms with Gasteiger partial charge in [0.15, 0.2) is 0 Å². The Kier molecular flexibility index (Phi) is 6.13. The molecule has 0 aliphatic heterocycles. The molecule has 1 atom stereocenters. The quantitative estimate of drug-likeness (QED) is 0.588. The number of amides is 1. The minimum Gasteiger partial charge on any atom is -0.480 e. The molecule has 0 saturated carbocycles. The Morgan fingerprint density at radius 3 is 2.62 bits per heavy atom. The van der Waals surface area contributed by atoms with Gasteiger partial charge in [0.1, 0.15) is 6.04 Å². The van der Waals surface area contributed by atoms with E-state index in [9.17, 15) is 14.4 Å². The number of hydrogen-bond donors (Lipinski definition) is 2. The highest BCUT2D eigenvalue weighted by Crippen LogP contribution is 2.08. The van der Waals surface area contributed by atoms with Gasteiger partial charge in [0.25, 0.3) is 5.91 Å². The standard InChI is InChI=1S/C15H17NO5/c1-3-4-8-12(14(18)19)16-13(17)10-6-5-7-11(9-10)15(20)21-2/h3,5-7,9,12H,1,4,8H2,2H3,(H,16,17)(H,18,19)/t12-/m0/s1. The van der Waals surface area contributed by atoms with Crippen LogP contribution in [0.5, 0.6) is 0 Å². The van der Waals surface area contributed by atoms with Crippen LogP contribution in [0.25, 0.3) is 0 Å². The average Bonchev–Trinajstić information content (AvgIpc) is 2.50. The lowest BCUT2D eigenvalue weighted by Gasteiger charge is -2.13. The van der Waals surface area contributed by atoms with Gasteiger partial charge in [-0.1, -0.05) is 12.1 Å². The molecule has 0 heterocycles. The number of allylic oxidation sites excluding steroid dienone is 1. The molecule has 0 radical (unpaired) electrons. The smallest absolute Gasteiger partial charge is 0.337 e. The van der Waals surface area contributed by atoms with Gasteiger partial charge in [-0.3, -0.25) is 4.79 Å². The summed E-state index contributed by atoms with van der Waals surface area (Å²) in [6, 6.07) is 4.88. The number of nitrogens with one attached hydrogen (secondary N) is 1. The Balaban J connectivity index is 2.84. The van der Waals surface area contributed by atoms with Gasteiger partial charge in [0.05, 0.1) is 12.7 Å². The van der Waals surface area contributed by atoms with Gasteiger partial charge in [-0.2, -0.15) is 0 Å². The first-order valence-corrected chi connectivity index (χ1v) is 6.32. The molecule has 0 aliphatic carbocycles. The first kappa shape index (κ1) is 16.4. The lowest BCUT2D eigenvalue weighted by molar-refractivity contribution is -0.139. The normalized spacial score (nSPS) is 11.3. The molecule has 112 valence electrons. The molecule has 0 spiro atoms. The van der Waals surface area contributed by atoms with Gasteiger partial charge in [-0.05, 0) is 31.0 Å². The fourth-order valence-corrected chi connectivity index (χ4v) is 1.69. The Labute approximate surface area is 122 Å². The zero-order valence-corrected chi connectivity index (χ0v) is 11.7. The number of esters is 1. The molecule has 1 amide bonds. The predicted octanol–water partition coefficient (Wildman–Crippen LogP) is 1.62. The first-order valence-electron chi connectivity index (χ1n) is 6.32. The van der Waals surface area contributed by atoms with E-state index >= 15 is 0 Å². The maximum absolute atomic E-state index is 12.0. The van der Waals surface area contributed by atoms with Crippen molar-refractivity contribution in [2.45, 2.75) is 18.9 Å². The molecule has 6 heteroatoms. The number of carboxylic acids is 1. The Hall–Kier alpha value is -2.63. The molecule has 0 unspecified atom stereocenters. The number of rotatable bonds is 7. The van der Waals surface area contributed by atoms with Crippen molar-refractivity contribution in [3.05, 3.63) is 48.0 Å². The van der Waals surface area contributed by atoms with Crippen LogP contribution in [0.3, 0.4) is 0 Å². The number of carbonyl (C=O) groups is 3. The average molecular weight is 291 g/mol. The van der Waals surface area contributed by atoms with Crippen molar-refractivity contribution in [1.29, 1.82) is 0 Å². The van der Waals surface area contributed by atoms with Crippen LogP contribution in [0.1, 0.15) is 33.6 Å². The Morgan fingerprint density at radius 1 is 1.38 bits per heavy atom. The van der Waals surface area contributed by atoms with Crippen LogP contribution in [0, 0.1) is 0 Å². The minimum absolute atomic E-state index is 0.197. The largest absolute Gasteiger partial charge is 0.480 e. The molecule has 1 aromatic carbocycles. The van der Waals surface area contributed by atoms with Crippen molar-refractivity contribution in [2.75, 3.05) is 7.11 Å². The van der Waals surface area contributed by atoms with Crippen molar-refractivity contribution in [3.8, 4) is 0 Å². The van der Waals surface area contributed by atoms with Crippen LogP contribution in [0.4, 0.5) is 0 Å². The maximum Gasteiger partial charge on any atom is 0.337 e. The van der Waals surface area contributed by atoms with Crippen molar-refractivity contribution in [3.63, 3.8) is 0 Å². The second-order valence-corrected chi connectivity index (χ2v) is 4.30. The van der Waals surface area contributed by atoms with Crippen molar-refractivity contribution in [1.82, 2.24) is 5.32 Å². The zero-order chi connectivity index (χ0) is 15.8. The van der Waals surface area contributed by atoms with Gasteiger partial charge in [-0.15, -0.1) is 6.58 Å². The van der Waals surface area contributed by atoms with E-state index in [0.717, 1.165) is 0 Å². The number of benzene rings is 1. The molecule has 0 saturated heterocycles. The van der Waals surface area contributed by atoms with E-state index in [1.807, 2.05) is 0 Å². The summed E-state index contributed by atoms with van der Waals surface area (Å²) in [6.07, 6.45) is 2.31. The summed E-state index contributed by atoms with van der Waals surface area (Å²) in [7, 11) is 1.24. The molecule has 21 heavy (non-hydrogen) atoms. The summed E-state index contributed by atoms with van der Waals surface area (Å²) in [5.41, 5.74) is 0.422. The molecule has 0 aromatic heterocycles. The summed E-state index contributed by atoms with van der Waals surface area (Å²) < 4.78 is 4.57. The van der Waals surface area contributed by atoms with Crippen LogP contribution in [-0.4, -0.2) is 36.1 Å². The van der Waals surface area contributed by atoms with Gasteiger partial charge in [-0.25, -0.2) is 9.59 Å². The first-order chi connectivity index (χ1) is 9.99. The van der Waals surface area contributed by atoms with Gasteiger partial charge < -0.3 is 15.2 Å². The third-order valence-corrected chi connectivity index (χ3v) is 2.81. The second-order valence-electron chi connectivity index (χ2n) is 4.30. The highest BCUT2D eigenvalue weighted by molar-refractivity contribution is 5.99. The van der Waals surface area contributed by atoms with Gasteiger partial charge in [0, 0.05) is 5.56 Å².